The van der Waals surface area contributed by atoms with E-state index in [2.05, 4.69) is 42.0 Å². The van der Waals surface area contributed by atoms with Gasteiger partial charge in [-0.3, -0.25) is 9.47 Å². The molecule has 2 aromatic heterocycles. The van der Waals surface area contributed by atoms with E-state index in [9.17, 15) is 0 Å². The number of benzene rings is 2. The van der Waals surface area contributed by atoms with E-state index >= 15 is 0 Å². The summed E-state index contributed by atoms with van der Waals surface area (Å²) in [6.45, 7) is 3.05. The zero-order valence-electron chi connectivity index (χ0n) is 17.2. The Bertz CT molecular complexity index is 1110. The van der Waals surface area contributed by atoms with E-state index in [-0.39, 0.29) is 0 Å². The van der Waals surface area contributed by atoms with Gasteiger partial charge in [0.2, 0.25) is 11.8 Å². The van der Waals surface area contributed by atoms with Crippen molar-refractivity contribution in [3.05, 3.63) is 72.4 Å². The summed E-state index contributed by atoms with van der Waals surface area (Å²) in [6.07, 6.45) is 3.82. The Morgan fingerprint density at radius 3 is 2.32 bits per heavy atom. The van der Waals surface area contributed by atoms with Gasteiger partial charge in [0.1, 0.15) is 0 Å². The summed E-state index contributed by atoms with van der Waals surface area (Å²) >= 11 is 1.56. The topological polar surface area (TPSA) is 72.9 Å². The number of nitrogens with zero attached hydrogens (tertiary/aromatic N) is 6. The Morgan fingerprint density at radius 1 is 0.806 bits per heavy atom. The maximum Gasteiger partial charge on any atom is 0.247 e. The highest BCUT2D eigenvalue weighted by Crippen LogP contribution is 2.27. The van der Waals surface area contributed by atoms with Crippen LogP contribution < -0.4 is 0 Å². The van der Waals surface area contributed by atoms with Crippen LogP contribution in [0, 0.1) is 0 Å². The first-order valence-electron chi connectivity index (χ1n) is 10.6. The van der Waals surface area contributed by atoms with Gasteiger partial charge in [-0.1, -0.05) is 54.6 Å². The number of piperidine rings is 1. The SMILES string of the molecule is c1ccc(-c2nnc(CSc3nnc(CN4CCCCC4)n3-c3ccccc3)o2)cc1. The highest BCUT2D eigenvalue weighted by molar-refractivity contribution is 7.98. The van der Waals surface area contributed by atoms with E-state index < -0.39 is 0 Å². The lowest BCUT2D eigenvalue weighted by Crippen LogP contribution is -2.30. The van der Waals surface area contributed by atoms with Crippen LogP contribution in [0.25, 0.3) is 17.1 Å². The molecular weight excluding hydrogens is 408 g/mol. The van der Waals surface area contributed by atoms with Crippen molar-refractivity contribution in [2.75, 3.05) is 13.1 Å². The fraction of sp³-hybridized carbons (Fsp3) is 0.304. The number of thioether (sulfide) groups is 1. The van der Waals surface area contributed by atoms with Gasteiger partial charge in [0.15, 0.2) is 11.0 Å². The van der Waals surface area contributed by atoms with Crippen molar-refractivity contribution >= 4 is 11.8 Å². The Morgan fingerprint density at radius 2 is 1.55 bits per heavy atom. The molecule has 1 aliphatic rings. The molecule has 0 aliphatic carbocycles. The summed E-state index contributed by atoms with van der Waals surface area (Å²) in [5, 5.41) is 18.3. The van der Waals surface area contributed by atoms with Crippen molar-refractivity contribution in [3.8, 4) is 17.1 Å². The number of aromatic nitrogens is 5. The van der Waals surface area contributed by atoms with Crippen LogP contribution in [0.4, 0.5) is 0 Å². The van der Waals surface area contributed by atoms with E-state index in [0.29, 0.717) is 17.5 Å². The van der Waals surface area contributed by atoms with Gasteiger partial charge >= 0.3 is 0 Å². The summed E-state index contributed by atoms with van der Waals surface area (Å²) in [5.41, 5.74) is 1.99. The third-order valence-electron chi connectivity index (χ3n) is 5.34. The number of para-hydroxylation sites is 1. The zero-order chi connectivity index (χ0) is 20.9. The smallest absolute Gasteiger partial charge is 0.247 e. The Kier molecular flexibility index (Phi) is 6.08. The third kappa shape index (κ3) is 4.70. The molecule has 0 amide bonds. The Labute approximate surface area is 185 Å². The molecule has 0 saturated carbocycles. The second kappa shape index (κ2) is 9.45. The van der Waals surface area contributed by atoms with Crippen LogP contribution in [0.5, 0.6) is 0 Å². The van der Waals surface area contributed by atoms with E-state index in [0.717, 1.165) is 41.9 Å². The minimum absolute atomic E-state index is 0.534. The second-order valence-electron chi connectivity index (χ2n) is 7.56. The first-order valence-corrected chi connectivity index (χ1v) is 11.6. The van der Waals surface area contributed by atoms with E-state index in [1.807, 2.05) is 48.5 Å². The number of rotatable bonds is 7. The van der Waals surface area contributed by atoms with Gasteiger partial charge in [-0.05, 0) is 50.2 Å². The van der Waals surface area contributed by atoms with Crippen LogP contribution in [0.15, 0.2) is 70.2 Å². The molecule has 0 bridgehead atoms. The van der Waals surface area contributed by atoms with Crippen LogP contribution in [-0.4, -0.2) is 43.0 Å². The number of hydrogen-bond donors (Lipinski definition) is 0. The van der Waals surface area contributed by atoms with Crippen molar-refractivity contribution in [1.82, 2.24) is 29.9 Å². The minimum atomic E-state index is 0.534. The predicted molar refractivity (Wildman–Crippen MR) is 120 cm³/mol. The summed E-state index contributed by atoms with van der Waals surface area (Å²) < 4.78 is 8.00. The predicted octanol–water partition coefficient (Wildman–Crippen LogP) is 4.60. The van der Waals surface area contributed by atoms with Gasteiger partial charge in [-0.2, -0.15) is 0 Å². The first-order chi connectivity index (χ1) is 15.4. The first kappa shape index (κ1) is 20.0. The molecular formula is C23H24N6OS. The van der Waals surface area contributed by atoms with Crippen molar-refractivity contribution in [2.45, 2.75) is 36.7 Å². The van der Waals surface area contributed by atoms with Crippen molar-refractivity contribution in [1.29, 1.82) is 0 Å². The van der Waals surface area contributed by atoms with E-state index in [1.165, 1.54) is 19.3 Å². The molecule has 158 valence electrons. The average molecular weight is 433 g/mol. The monoisotopic (exact) mass is 432 g/mol. The van der Waals surface area contributed by atoms with E-state index in [1.54, 1.807) is 11.8 Å². The fourth-order valence-electron chi connectivity index (χ4n) is 3.79. The lowest BCUT2D eigenvalue weighted by molar-refractivity contribution is 0.214. The Balaban J connectivity index is 1.36. The molecule has 0 unspecified atom stereocenters. The molecule has 0 radical (unpaired) electrons. The molecule has 31 heavy (non-hydrogen) atoms. The van der Waals surface area contributed by atoms with Gasteiger partial charge in [0, 0.05) is 11.3 Å². The third-order valence-corrected chi connectivity index (χ3v) is 6.25. The largest absolute Gasteiger partial charge is 0.420 e. The van der Waals surface area contributed by atoms with Crippen LogP contribution in [0.2, 0.25) is 0 Å². The van der Waals surface area contributed by atoms with Crippen molar-refractivity contribution in [3.63, 3.8) is 0 Å². The lowest BCUT2D eigenvalue weighted by atomic mass is 10.1. The highest BCUT2D eigenvalue weighted by Gasteiger charge is 2.19. The van der Waals surface area contributed by atoms with Gasteiger partial charge in [0.05, 0.1) is 12.3 Å². The average Bonchev–Trinajstić information content (AvgIpc) is 3.47. The van der Waals surface area contributed by atoms with Crippen LogP contribution in [-0.2, 0) is 12.3 Å². The molecule has 0 spiro atoms. The van der Waals surface area contributed by atoms with Gasteiger partial charge < -0.3 is 4.42 Å². The Hall–Kier alpha value is -2.97. The zero-order valence-corrected chi connectivity index (χ0v) is 18.0. The number of hydrogen-bond acceptors (Lipinski definition) is 7. The molecule has 5 rings (SSSR count). The normalized spacial score (nSPS) is 14.7. The van der Waals surface area contributed by atoms with Crippen molar-refractivity contribution in [2.24, 2.45) is 0 Å². The highest BCUT2D eigenvalue weighted by atomic mass is 32.2. The second-order valence-corrected chi connectivity index (χ2v) is 8.50. The molecule has 0 atom stereocenters. The quantitative estimate of drug-likeness (QED) is 0.395. The minimum Gasteiger partial charge on any atom is -0.420 e. The molecule has 8 heteroatoms. The lowest BCUT2D eigenvalue weighted by Gasteiger charge is -2.26. The molecule has 1 fully saturated rings. The maximum absolute atomic E-state index is 5.86. The molecule has 1 aliphatic heterocycles. The van der Waals surface area contributed by atoms with Crippen LogP contribution in [0.3, 0.4) is 0 Å². The molecule has 0 N–H and O–H groups in total. The van der Waals surface area contributed by atoms with Crippen molar-refractivity contribution < 1.29 is 4.42 Å². The van der Waals surface area contributed by atoms with Crippen LogP contribution in [0.1, 0.15) is 31.0 Å². The van der Waals surface area contributed by atoms with Gasteiger partial charge in [-0.25, -0.2) is 0 Å². The maximum atomic E-state index is 5.86. The number of likely N-dealkylation sites (tertiary alicyclic amines) is 1. The van der Waals surface area contributed by atoms with E-state index in [4.69, 9.17) is 4.42 Å². The summed E-state index contributed by atoms with van der Waals surface area (Å²) in [5.74, 6) is 2.61. The fourth-order valence-corrected chi connectivity index (χ4v) is 4.59. The standard InChI is InChI=1S/C23H24N6OS/c1-4-10-18(11-5-1)22-26-25-21(30-22)17-31-23-27-24-20(16-28-14-8-3-9-15-28)29(23)19-12-6-2-7-13-19/h1-2,4-7,10-13H,3,8-9,14-17H2. The van der Waals surface area contributed by atoms with Crippen LogP contribution >= 0.6 is 11.8 Å². The molecule has 4 aromatic rings. The van der Waals surface area contributed by atoms with Gasteiger partial charge in [0.25, 0.3) is 0 Å². The van der Waals surface area contributed by atoms with Gasteiger partial charge in [-0.15, -0.1) is 20.4 Å². The molecule has 3 heterocycles. The molecule has 2 aromatic carbocycles. The summed E-state index contributed by atoms with van der Waals surface area (Å²) in [4.78, 5) is 2.46. The summed E-state index contributed by atoms with van der Waals surface area (Å²) in [6, 6.07) is 20.1. The summed E-state index contributed by atoms with van der Waals surface area (Å²) in [7, 11) is 0. The molecule has 7 nitrogen and oxygen atoms in total. The molecule has 1 saturated heterocycles.